The molecule has 1 aromatic rings. The highest BCUT2D eigenvalue weighted by atomic mass is 13.6. The Morgan fingerprint density at radius 2 is 0.917 bits per heavy atom. The van der Waals surface area contributed by atoms with Crippen molar-refractivity contribution in [3.8, 4) is 0 Å². The van der Waals surface area contributed by atoms with Gasteiger partial charge in [0.05, 0.1) is 0 Å². The van der Waals surface area contributed by atoms with Crippen LogP contribution in [-0.4, -0.2) is 0 Å². The third kappa shape index (κ3) is 23.1. The largest absolute Gasteiger partial charge is 0.103 e. The summed E-state index contributed by atoms with van der Waals surface area (Å²) < 4.78 is 0. The second-order valence-electron chi connectivity index (χ2n) is 1.56. The topological polar surface area (TPSA) is 0 Å². The molecule has 0 aromatic heterocycles. The van der Waals surface area contributed by atoms with Crippen LogP contribution < -0.4 is 0 Å². The van der Waals surface area contributed by atoms with Crippen LogP contribution in [0.3, 0.4) is 0 Å². The summed E-state index contributed by atoms with van der Waals surface area (Å²) >= 11 is 0. The molecule has 0 aliphatic carbocycles. The number of allylic oxidation sites excluding steroid dienone is 1. The van der Waals surface area contributed by atoms with E-state index in [1.807, 2.05) is 57.2 Å². The van der Waals surface area contributed by atoms with Gasteiger partial charge in [-0.3, -0.25) is 0 Å². The normalized spacial score (nSPS) is 5.58. The number of hydrogen-bond donors (Lipinski definition) is 0. The van der Waals surface area contributed by atoms with Crippen LogP contribution in [0.5, 0.6) is 0 Å². The Morgan fingerprint density at radius 1 is 0.833 bits per heavy atom. The SMILES string of the molecule is C.C=CC.CC.c1ccccc1. The molecule has 0 unspecified atom stereocenters. The molecule has 0 nitrogen and oxygen atoms in total. The van der Waals surface area contributed by atoms with Gasteiger partial charge in [0, 0.05) is 0 Å². The van der Waals surface area contributed by atoms with Gasteiger partial charge in [0.25, 0.3) is 0 Å². The number of rotatable bonds is 0. The Bertz CT molecular complexity index is 103. The molecular formula is C12H22. The predicted octanol–water partition coefficient (Wildman–Crippen LogP) is 4.54. The van der Waals surface area contributed by atoms with Crippen LogP contribution in [-0.2, 0) is 0 Å². The van der Waals surface area contributed by atoms with Crippen LogP contribution in [0.4, 0.5) is 0 Å². The van der Waals surface area contributed by atoms with E-state index >= 15 is 0 Å². The predicted molar refractivity (Wildman–Crippen MR) is 60.4 cm³/mol. The van der Waals surface area contributed by atoms with Crippen LogP contribution in [0.2, 0.25) is 0 Å². The van der Waals surface area contributed by atoms with Gasteiger partial charge in [0.15, 0.2) is 0 Å². The second-order valence-corrected chi connectivity index (χ2v) is 1.56. The van der Waals surface area contributed by atoms with Gasteiger partial charge in [0.1, 0.15) is 0 Å². The molecule has 0 atom stereocenters. The standard InChI is InChI=1S/C6H6.C3H6.C2H6.CH4/c1-2-4-6-5-3-1;1-3-2;1-2;/h1-6H;3H,1H2,2H3;1-2H3;1H4. The van der Waals surface area contributed by atoms with E-state index in [4.69, 9.17) is 0 Å². The minimum Gasteiger partial charge on any atom is -0.103 e. The molecule has 0 amide bonds. The summed E-state index contributed by atoms with van der Waals surface area (Å²) in [6.45, 7) is 9.25. The maximum absolute atomic E-state index is 3.36. The second kappa shape index (κ2) is 22.5. The van der Waals surface area contributed by atoms with E-state index < -0.39 is 0 Å². The minimum absolute atomic E-state index is 0. The van der Waals surface area contributed by atoms with Gasteiger partial charge < -0.3 is 0 Å². The molecule has 0 heterocycles. The lowest BCUT2D eigenvalue weighted by Crippen LogP contribution is -1.47. The Labute approximate surface area is 77.9 Å². The first-order chi connectivity index (χ1) is 5.41. The van der Waals surface area contributed by atoms with Crippen LogP contribution in [0, 0.1) is 0 Å². The van der Waals surface area contributed by atoms with Gasteiger partial charge in [-0.25, -0.2) is 0 Å². The van der Waals surface area contributed by atoms with E-state index in [-0.39, 0.29) is 7.43 Å². The number of hydrogen-bond acceptors (Lipinski definition) is 0. The summed E-state index contributed by atoms with van der Waals surface area (Å²) in [5, 5.41) is 0. The van der Waals surface area contributed by atoms with E-state index in [2.05, 4.69) is 6.58 Å². The van der Waals surface area contributed by atoms with Crippen molar-refractivity contribution < 1.29 is 0 Å². The summed E-state index contributed by atoms with van der Waals surface area (Å²) in [5.74, 6) is 0. The quantitative estimate of drug-likeness (QED) is 0.496. The smallest absolute Gasteiger partial charge is 0.0473 e. The molecule has 0 aliphatic heterocycles. The molecule has 0 saturated heterocycles. The van der Waals surface area contributed by atoms with Crippen molar-refractivity contribution in [3.63, 3.8) is 0 Å². The fourth-order valence-corrected chi connectivity index (χ4v) is 0.385. The molecule has 0 heteroatoms. The first kappa shape index (κ1) is 17.2. The minimum atomic E-state index is 0. The molecule has 1 rings (SSSR count). The van der Waals surface area contributed by atoms with Gasteiger partial charge >= 0.3 is 0 Å². The highest BCUT2D eigenvalue weighted by Crippen LogP contribution is 1.79. The van der Waals surface area contributed by atoms with Crippen molar-refractivity contribution in [2.45, 2.75) is 28.2 Å². The Hall–Kier alpha value is -1.04. The zero-order chi connectivity index (χ0) is 8.95. The molecule has 1 aromatic carbocycles. The zero-order valence-corrected chi connectivity index (χ0v) is 7.75. The molecule has 70 valence electrons. The molecule has 0 saturated carbocycles. The number of benzene rings is 1. The van der Waals surface area contributed by atoms with E-state index in [0.29, 0.717) is 0 Å². The van der Waals surface area contributed by atoms with Crippen LogP contribution in [0.15, 0.2) is 49.1 Å². The Balaban J connectivity index is -0.000000119. The van der Waals surface area contributed by atoms with E-state index in [0.717, 1.165) is 0 Å². The van der Waals surface area contributed by atoms with E-state index in [1.54, 1.807) is 6.08 Å². The van der Waals surface area contributed by atoms with E-state index in [9.17, 15) is 0 Å². The maximum atomic E-state index is 3.36. The average molecular weight is 166 g/mol. The highest BCUT2D eigenvalue weighted by molar-refractivity contribution is 4.99. The average Bonchev–Trinajstić information content (AvgIpc) is 2.12. The highest BCUT2D eigenvalue weighted by Gasteiger charge is 1.57. The summed E-state index contributed by atoms with van der Waals surface area (Å²) in [7, 11) is 0. The molecule has 0 N–H and O–H groups in total. The van der Waals surface area contributed by atoms with Crippen molar-refractivity contribution in [1.82, 2.24) is 0 Å². The molecular weight excluding hydrogens is 144 g/mol. The lowest BCUT2D eigenvalue weighted by atomic mass is 10.4. The zero-order valence-electron chi connectivity index (χ0n) is 7.75. The molecule has 0 bridgehead atoms. The van der Waals surface area contributed by atoms with Crippen molar-refractivity contribution in [2.75, 3.05) is 0 Å². The third-order valence-corrected chi connectivity index (χ3v) is 0.667. The molecule has 0 spiro atoms. The van der Waals surface area contributed by atoms with Crippen LogP contribution in [0.25, 0.3) is 0 Å². The fraction of sp³-hybridized carbons (Fsp3) is 0.333. The summed E-state index contributed by atoms with van der Waals surface area (Å²) in [4.78, 5) is 0. The van der Waals surface area contributed by atoms with Crippen molar-refractivity contribution in [3.05, 3.63) is 49.1 Å². The Kier molecular flexibility index (Phi) is 32.2. The van der Waals surface area contributed by atoms with Crippen LogP contribution in [0.1, 0.15) is 28.2 Å². The molecule has 0 radical (unpaired) electrons. The van der Waals surface area contributed by atoms with Crippen molar-refractivity contribution in [2.24, 2.45) is 0 Å². The van der Waals surface area contributed by atoms with Crippen molar-refractivity contribution >= 4 is 0 Å². The molecule has 0 fully saturated rings. The lowest BCUT2D eigenvalue weighted by Gasteiger charge is -1.69. The van der Waals surface area contributed by atoms with Gasteiger partial charge in [-0.05, 0) is 6.92 Å². The molecule has 0 aliphatic rings. The summed E-state index contributed by atoms with van der Waals surface area (Å²) in [5.41, 5.74) is 0. The maximum Gasteiger partial charge on any atom is -0.0473 e. The van der Waals surface area contributed by atoms with Gasteiger partial charge in [-0.15, -0.1) is 6.58 Å². The fourth-order valence-electron chi connectivity index (χ4n) is 0.385. The van der Waals surface area contributed by atoms with Gasteiger partial charge in [-0.1, -0.05) is 63.7 Å². The third-order valence-electron chi connectivity index (χ3n) is 0.667. The first-order valence-electron chi connectivity index (χ1n) is 3.99. The van der Waals surface area contributed by atoms with Gasteiger partial charge in [-0.2, -0.15) is 0 Å². The Morgan fingerprint density at radius 3 is 1.00 bits per heavy atom. The first-order valence-corrected chi connectivity index (χ1v) is 3.99. The van der Waals surface area contributed by atoms with Crippen LogP contribution >= 0.6 is 0 Å². The van der Waals surface area contributed by atoms with Gasteiger partial charge in [0.2, 0.25) is 0 Å². The van der Waals surface area contributed by atoms with E-state index in [1.165, 1.54) is 0 Å². The summed E-state index contributed by atoms with van der Waals surface area (Å²) in [6.07, 6.45) is 1.75. The molecule has 12 heavy (non-hydrogen) atoms. The monoisotopic (exact) mass is 166 g/mol. The lowest BCUT2D eigenvalue weighted by molar-refractivity contribution is 1.50. The summed E-state index contributed by atoms with van der Waals surface area (Å²) in [6, 6.07) is 12.0. The van der Waals surface area contributed by atoms with Crippen molar-refractivity contribution in [1.29, 1.82) is 0 Å².